The van der Waals surface area contributed by atoms with Crippen molar-refractivity contribution in [3.8, 4) is 0 Å². The number of carbonyl (C=O) groups excluding carboxylic acids is 1. The number of anilines is 1. The molecule has 0 aliphatic rings. The fourth-order valence-electron chi connectivity index (χ4n) is 2.02. The van der Waals surface area contributed by atoms with Crippen molar-refractivity contribution in [3.05, 3.63) is 69.3 Å². The normalized spacial score (nSPS) is 10.2. The Kier molecular flexibility index (Phi) is 4.55. The number of nitrogens with one attached hydrogen (secondary N) is 1. The van der Waals surface area contributed by atoms with E-state index in [4.69, 9.17) is 11.6 Å². The molecule has 0 saturated carbocycles. The smallest absolute Gasteiger partial charge is 0.285 e. The minimum atomic E-state index is -0.542. The van der Waals surface area contributed by atoms with Gasteiger partial charge in [0.25, 0.3) is 11.6 Å². The van der Waals surface area contributed by atoms with Crippen molar-refractivity contribution in [3.63, 3.8) is 0 Å². The Labute approximate surface area is 126 Å². The third-order valence-corrected chi connectivity index (χ3v) is 3.31. The van der Waals surface area contributed by atoms with E-state index in [2.05, 4.69) is 5.32 Å². The number of hydrogen-bond acceptors (Lipinski definition) is 3. The molecule has 5 nitrogen and oxygen atoms in total. The summed E-state index contributed by atoms with van der Waals surface area (Å²) in [6.45, 7) is 1.60. The van der Waals surface area contributed by atoms with Gasteiger partial charge >= 0.3 is 0 Å². The van der Waals surface area contributed by atoms with Crippen LogP contribution in [0.4, 0.5) is 11.4 Å². The van der Waals surface area contributed by atoms with Crippen LogP contribution >= 0.6 is 11.6 Å². The molecular formula is C15H13ClN2O3. The lowest BCUT2D eigenvalue weighted by molar-refractivity contribution is -0.385. The predicted octanol–water partition coefficient (Wildman–Crippen LogP) is 3.89. The maximum absolute atomic E-state index is 12.2. The lowest BCUT2D eigenvalue weighted by Crippen LogP contribution is -2.14. The molecule has 2 aromatic rings. The highest BCUT2D eigenvalue weighted by atomic mass is 35.5. The summed E-state index contributed by atoms with van der Waals surface area (Å²) in [6.07, 6.45) is 0. The van der Waals surface area contributed by atoms with E-state index in [1.54, 1.807) is 37.3 Å². The van der Waals surface area contributed by atoms with Crippen LogP contribution in [0.3, 0.4) is 0 Å². The molecule has 0 heterocycles. The van der Waals surface area contributed by atoms with Crippen LogP contribution < -0.4 is 5.32 Å². The van der Waals surface area contributed by atoms with Gasteiger partial charge in [0.05, 0.1) is 4.92 Å². The van der Waals surface area contributed by atoms with Crippen molar-refractivity contribution in [2.45, 2.75) is 12.8 Å². The fourth-order valence-corrected chi connectivity index (χ4v) is 2.18. The molecule has 0 unspecified atom stereocenters. The standard InChI is InChI=1S/C15H13ClN2O3/c1-10-4-2-7-13(14(10)18(20)21)15(19)17-12-6-3-5-11(8-12)9-16/h2-8H,9H2,1H3,(H,17,19). The molecule has 21 heavy (non-hydrogen) atoms. The van der Waals surface area contributed by atoms with Gasteiger partial charge in [0.15, 0.2) is 0 Å². The molecule has 0 aliphatic heterocycles. The summed E-state index contributed by atoms with van der Waals surface area (Å²) < 4.78 is 0. The topological polar surface area (TPSA) is 72.2 Å². The molecule has 108 valence electrons. The number of halogens is 1. The first-order valence-electron chi connectivity index (χ1n) is 6.23. The van der Waals surface area contributed by atoms with E-state index in [-0.39, 0.29) is 11.3 Å². The Morgan fingerprint density at radius 2 is 2.00 bits per heavy atom. The van der Waals surface area contributed by atoms with Crippen LogP contribution in [0, 0.1) is 17.0 Å². The molecule has 2 rings (SSSR count). The minimum absolute atomic E-state index is 0.0382. The van der Waals surface area contributed by atoms with Gasteiger partial charge in [-0.2, -0.15) is 0 Å². The lowest BCUT2D eigenvalue weighted by atomic mass is 10.1. The van der Waals surface area contributed by atoms with Crippen molar-refractivity contribution in [2.24, 2.45) is 0 Å². The zero-order chi connectivity index (χ0) is 15.4. The molecule has 0 aromatic heterocycles. The van der Waals surface area contributed by atoms with Gasteiger partial charge in [-0.15, -0.1) is 11.6 Å². The van der Waals surface area contributed by atoms with Crippen molar-refractivity contribution in [2.75, 3.05) is 5.32 Å². The number of nitro benzene ring substituents is 1. The van der Waals surface area contributed by atoms with Crippen molar-refractivity contribution in [1.82, 2.24) is 0 Å². The molecule has 0 aliphatic carbocycles. The first-order chi connectivity index (χ1) is 10.0. The third-order valence-electron chi connectivity index (χ3n) is 3.00. The molecule has 0 bridgehead atoms. The zero-order valence-electron chi connectivity index (χ0n) is 11.3. The van der Waals surface area contributed by atoms with E-state index in [9.17, 15) is 14.9 Å². The quantitative estimate of drug-likeness (QED) is 0.529. The number of benzene rings is 2. The van der Waals surface area contributed by atoms with Crippen molar-refractivity contribution < 1.29 is 9.72 Å². The number of rotatable bonds is 4. The van der Waals surface area contributed by atoms with E-state index < -0.39 is 10.8 Å². The number of para-hydroxylation sites is 1. The molecule has 0 spiro atoms. The number of nitrogens with zero attached hydrogens (tertiary/aromatic N) is 1. The van der Waals surface area contributed by atoms with Gasteiger partial charge in [-0.1, -0.05) is 24.3 Å². The molecule has 0 fully saturated rings. The van der Waals surface area contributed by atoms with Crippen LogP contribution in [0.1, 0.15) is 21.5 Å². The van der Waals surface area contributed by atoms with E-state index in [0.717, 1.165) is 5.56 Å². The number of nitro groups is 1. The highest BCUT2D eigenvalue weighted by molar-refractivity contribution is 6.17. The molecule has 2 aromatic carbocycles. The van der Waals surface area contributed by atoms with Crippen LogP contribution in [-0.4, -0.2) is 10.8 Å². The van der Waals surface area contributed by atoms with E-state index in [0.29, 0.717) is 17.1 Å². The summed E-state index contributed by atoms with van der Waals surface area (Å²) in [7, 11) is 0. The van der Waals surface area contributed by atoms with Crippen LogP contribution in [0.15, 0.2) is 42.5 Å². The van der Waals surface area contributed by atoms with Crippen molar-refractivity contribution in [1.29, 1.82) is 0 Å². The van der Waals surface area contributed by atoms with Crippen LogP contribution in [0.2, 0.25) is 0 Å². The van der Waals surface area contributed by atoms with Gasteiger partial charge in [-0.25, -0.2) is 0 Å². The molecule has 0 atom stereocenters. The van der Waals surface area contributed by atoms with Crippen LogP contribution in [0.25, 0.3) is 0 Å². The van der Waals surface area contributed by atoms with E-state index in [1.807, 2.05) is 6.07 Å². The summed E-state index contributed by atoms with van der Waals surface area (Å²) in [5.74, 6) is -0.189. The first kappa shape index (κ1) is 15.0. The Balaban J connectivity index is 2.32. The summed E-state index contributed by atoms with van der Waals surface area (Å²) in [4.78, 5) is 22.8. The lowest BCUT2D eigenvalue weighted by Gasteiger charge is -2.08. The molecular weight excluding hydrogens is 292 g/mol. The van der Waals surface area contributed by atoms with Gasteiger partial charge in [0.2, 0.25) is 0 Å². The van der Waals surface area contributed by atoms with Gasteiger partial charge in [-0.3, -0.25) is 14.9 Å². The zero-order valence-corrected chi connectivity index (χ0v) is 12.1. The SMILES string of the molecule is Cc1cccc(C(=O)Nc2cccc(CCl)c2)c1[N+](=O)[O-]. The van der Waals surface area contributed by atoms with E-state index in [1.165, 1.54) is 6.07 Å². The molecule has 0 radical (unpaired) electrons. The summed E-state index contributed by atoms with van der Waals surface area (Å²) in [5, 5.41) is 13.8. The van der Waals surface area contributed by atoms with Crippen LogP contribution in [0.5, 0.6) is 0 Å². The second kappa shape index (κ2) is 6.37. The summed E-state index contributed by atoms with van der Waals surface area (Å²) in [5.41, 5.74) is 1.71. The maximum atomic E-state index is 12.2. The fraction of sp³-hybridized carbons (Fsp3) is 0.133. The van der Waals surface area contributed by atoms with Gasteiger partial charge < -0.3 is 5.32 Å². The monoisotopic (exact) mass is 304 g/mol. The Morgan fingerprint density at radius 1 is 1.29 bits per heavy atom. The van der Waals surface area contributed by atoms with Gasteiger partial charge in [0, 0.05) is 17.1 Å². The minimum Gasteiger partial charge on any atom is -0.322 e. The Hall–Kier alpha value is -2.40. The maximum Gasteiger partial charge on any atom is 0.285 e. The second-order valence-electron chi connectivity index (χ2n) is 4.52. The average molecular weight is 305 g/mol. The average Bonchev–Trinajstić information content (AvgIpc) is 2.46. The Bertz CT molecular complexity index is 701. The summed E-state index contributed by atoms with van der Waals surface area (Å²) >= 11 is 5.74. The number of aryl methyl sites for hydroxylation is 1. The molecule has 1 amide bonds. The van der Waals surface area contributed by atoms with Crippen molar-refractivity contribution >= 4 is 28.9 Å². The number of amides is 1. The van der Waals surface area contributed by atoms with Crippen LogP contribution in [-0.2, 0) is 5.88 Å². The van der Waals surface area contributed by atoms with Gasteiger partial charge in [-0.05, 0) is 30.7 Å². The number of carbonyl (C=O) groups is 1. The Morgan fingerprint density at radius 3 is 2.67 bits per heavy atom. The second-order valence-corrected chi connectivity index (χ2v) is 4.78. The number of alkyl halides is 1. The predicted molar refractivity (Wildman–Crippen MR) is 81.8 cm³/mol. The molecule has 6 heteroatoms. The first-order valence-corrected chi connectivity index (χ1v) is 6.76. The molecule has 0 saturated heterocycles. The largest absolute Gasteiger partial charge is 0.322 e. The third kappa shape index (κ3) is 3.38. The highest BCUT2D eigenvalue weighted by Crippen LogP contribution is 2.24. The van der Waals surface area contributed by atoms with Gasteiger partial charge in [0.1, 0.15) is 5.56 Å². The number of hydrogen-bond donors (Lipinski definition) is 1. The highest BCUT2D eigenvalue weighted by Gasteiger charge is 2.22. The van der Waals surface area contributed by atoms with E-state index >= 15 is 0 Å². The summed E-state index contributed by atoms with van der Waals surface area (Å²) in [6, 6.07) is 11.7. The molecule has 1 N–H and O–H groups in total.